The van der Waals surface area contributed by atoms with Crippen molar-refractivity contribution in [3.63, 3.8) is 0 Å². The van der Waals surface area contributed by atoms with Crippen LogP contribution >= 0.6 is 0 Å². The number of hydrogen-bond donors (Lipinski definition) is 1. The summed E-state index contributed by atoms with van der Waals surface area (Å²) in [5.41, 5.74) is 5.13. The highest BCUT2D eigenvalue weighted by molar-refractivity contribution is 5.70. The molecule has 4 heteroatoms. The number of likely N-dealkylation sites (N-methyl/N-ethyl adjacent to an activating group) is 1. The van der Waals surface area contributed by atoms with E-state index in [0.717, 1.165) is 0 Å². The highest BCUT2D eigenvalue weighted by Crippen LogP contribution is 2.20. The summed E-state index contributed by atoms with van der Waals surface area (Å²) in [5.74, 6) is 0. The molecule has 62 valence electrons. The molecule has 0 aliphatic carbocycles. The molecule has 1 fully saturated rings. The number of nitrogens with two attached hydrogens (primary N) is 1. The Balaban J connectivity index is 2.71. The van der Waals surface area contributed by atoms with Crippen LogP contribution in [0.25, 0.3) is 0 Å². The molecule has 4 nitrogen and oxygen atoms in total. The molecule has 1 aliphatic heterocycles. The Labute approximate surface area is 65.6 Å². The molecule has 0 radical (unpaired) electrons. The molecule has 1 heterocycles. The van der Waals surface area contributed by atoms with Crippen LogP contribution in [0.5, 0.6) is 0 Å². The van der Waals surface area contributed by atoms with Crippen molar-refractivity contribution in [2.75, 3.05) is 13.7 Å². The van der Waals surface area contributed by atoms with E-state index in [2.05, 4.69) is 6.58 Å². The van der Waals surface area contributed by atoms with E-state index in [1.165, 1.54) is 4.90 Å². The predicted octanol–water partition coefficient (Wildman–Crippen LogP) is 0.300. The van der Waals surface area contributed by atoms with Crippen LogP contribution in [-0.4, -0.2) is 30.3 Å². The third-order valence-corrected chi connectivity index (χ3v) is 1.89. The van der Waals surface area contributed by atoms with Crippen LogP contribution < -0.4 is 5.73 Å². The summed E-state index contributed by atoms with van der Waals surface area (Å²) in [6.45, 7) is 3.80. The lowest BCUT2D eigenvalue weighted by Gasteiger charge is -2.26. The third kappa shape index (κ3) is 1.21. The molecular formula is C7H12N2O2. The number of cyclic esters (lactones) is 1. The van der Waals surface area contributed by atoms with Crippen LogP contribution in [0.3, 0.4) is 0 Å². The Kier molecular flexibility index (Phi) is 1.87. The third-order valence-electron chi connectivity index (χ3n) is 1.89. The first-order valence-electron chi connectivity index (χ1n) is 3.40. The minimum absolute atomic E-state index is 0.244. The Morgan fingerprint density at radius 1 is 2.00 bits per heavy atom. The average Bonchev–Trinajstić information content (AvgIpc) is 2.19. The van der Waals surface area contributed by atoms with Gasteiger partial charge in [-0.05, 0) is 0 Å². The van der Waals surface area contributed by atoms with Crippen LogP contribution in [0.4, 0.5) is 4.79 Å². The van der Waals surface area contributed by atoms with E-state index in [-0.39, 0.29) is 12.7 Å². The summed E-state index contributed by atoms with van der Waals surface area (Å²) < 4.78 is 4.75. The zero-order chi connectivity index (χ0) is 8.48. The maximum Gasteiger partial charge on any atom is 0.411 e. The van der Waals surface area contributed by atoms with E-state index in [9.17, 15) is 4.79 Å². The van der Waals surface area contributed by atoms with E-state index >= 15 is 0 Å². The van der Waals surface area contributed by atoms with Gasteiger partial charge in [-0.15, -0.1) is 6.58 Å². The Bertz CT molecular complexity index is 193. The van der Waals surface area contributed by atoms with Crippen molar-refractivity contribution < 1.29 is 9.53 Å². The number of ether oxygens (including phenoxy) is 1. The van der Waals surface area contributed by atoms with E-state index < -0.39 is 5.66 Å². The molecule has 11 heavy (non-hydrogen) atoms. The smallest absolute Gasteiger partial charge is 0.411 e. The van der Waals surface area contributed by atoms with Gasteiger partial charge in [-0.2, -0.15) is 0 Å². The molecule has 1 rings (SSSR count). The quantitative estimate of drug-likeness (QED) is 0.585. The first-order valence-corrected chi connectivity index (χ1v) is 3.40. The van der Waals surface area contributed by atoms with Gasteiger partial charge in [0.1, 0.15) is 12.3 Å². The van der Waals surface area contributed by atoms with Gasteiger partial charge in [0.2, 0.25) is 0 Å². The van der Waals surface area contributed by atoms with Gasteiger partial charge in [0.25, 0.3) is 0 Å². The lowest BCUT2D eigenvalue weighted by Crippen LogP contribution is -2.52. The fourth-order valence-corrected chi connectivity index (χ4v) is 1.01. The summed E-state index contributed by atoms with van der Waals surface area (Å²) in [7, 11) is 1.62. The van der Waals surface area contributed by atoms with E-state index in [4.69, 9.17) is 10.5 Å². The summed E-state index contributed by atoms with van der Waals surface area (Å²) in [6, 6.07) is 0. The molecule has 1 aliphatic rings. The van der Waals surface area contributed by atoms with E-state index in [1.54, 1.807) is 13.1 Å². The Morgan fingerprint density at radius 3 is 3.00 bits per heavy atom. The van der Waals surface area contributed by atoms with Crippen molar-refractivity contribution in [2.45, 2.75) is 12.1 Å². The van der Waals surface area contributed by atoms with Gasteiger partial charge in [-0.25, -0.2) is 4.79 Å². The average molecular weight is 156 g/mol. The SMILES string of the molecule is C=CCC1(N)COC(=O)N1C. The molecule has 1 saturated heterocycles. The van der Waals surface area contributed by atoms with Crippen LogP contribution in [0.2, 0.25) is 0 Å². The first kappa shape index (κ1) is 8.07. The summed E-state index contributed by atoms with van der Waals surface area (Å²) in [4.78, 5) is 12.3. The molecule has 1 amide bonds. The highest BCUT2D eigenvalue weighted by Gasteiger charge is 2.40. The number of carbonyl (C=O) groups is 1. The summed E-state index contributed by atoms with van der Waals surface area (Å²) >= 11 is 0. The first-order chi connectivity index (χ1) is 5.10. The fraction of sp³-hybridized carbons (Fsp3) is 0.571. The van der Waals surface area contributed by atoms with E-state index in [1.807, 2.05) is 0 Å². The van der Waals surface area contributed by atoms with Crippen LogP contribution in [0.1, 0.15) is 6.42 Å². The van der Waals surface area contributed by atoms with Gasteiger partial charge >= 0.3 is 6.09 Å². The minimum atomic E-state index is -0.682. The zero-order valence-corrected chi connectivity index (χ0v) is 6.54. The molecule has 1 atom stereocenters. The number of carbonyl (C=O) groups excluding carboxylic acids is 1. The molecular weight excluding hydrogens is 144 g/mol. The molecule has 0 saturated carbocycles. The lowest BCUT2D eigenvalue weighted by molar-refractivity contribution is 0.162. The lowest BCUT2D eigenvalue weighted by atomic mass is 10.1. The maximum atomic E-state index is 10.9. The minimum Gasteiger partial charge on any atom is -0.445 e. The largest absolute Gasteiger partial charge is 0.445 e. The highest BCUT2D eigenvalue weighted by atomic mass is 16.6. The van der Waals surface area contributed by atoms with Crippen molar-refractivity contribution >= 4 is 6.09 Å². The van der Waals surface area contributed by atoms with Gasteiger partial charge in [-0.3, -0.25) is 4.90 Å². The van der Waals surface area contributed by atoms with Gasteiger partial charge in [0.05, 0.1) is 0 Å². The number of rotatable bonds is 2. The van der Waals surface area contributed by atoms with Crippen molar-refractivity contribution in [2.24, 2.45) is 5.73 Å². The second-order valence-corrected chi connectivity index (χ2v) is 2.71. The normalized spacial score (nSPS) is 30.4. The summed E-state index contributed by atoms with van der Waals surface area (Å²) in [5, 5.41) is 0. The van der Waals surface area contributed by atoms with Gasteiger partial charge in [0.15, 0.2) is 0 Å². The predicted molar refractivity (Wildman–Crippen MR) is 40.8 cm³/mol. The maximum absolute atomic E-state index is 10.9. The van der Waals surface area contributed by atoms with Gasteiger partial charge in [-0.1, -0.05) is 6.08 Å². The second kappa shape index (κ2) is 2.54. The van der Waals surface area contributed by atoms with Crippen molar-refractivity contribution in [3.05, 3.63) is 12.7 Å². The van der Waals surface area contributed by atoms with Gasteiger partial charge < -0.3 is 10.5 Å². The molecule has 0 aromatic carbocycles. The molecule has 0 spiro atoms. The Hall–Kier alpha value is -1.03. The van der Waals surface area contributed by atoms with Crippen molar-refractivity contribution in [1.29, 1.82) is 0 Å². The van der Waals surface area contributed by atoms with E-state index in [0.29, 0.717) is 6.42 Å². The molecule has 1 unspecified atom stereocenters. The monoisotopic (exact) mass is 156 g/mol. The van der Waals surface area contributed by atoms with Crippen molar-refractivity contribution in [3.8, 4) is 0 Å². The molecule has 0 aromatic heterocycles. The number of nitrogens with zero attached hydrogens (tertiary/aromatic N) is 1. The van der Waals surface area contributed by atoms with Crippen LogP contribution in [0, 0.1) is 0 Å². The van der Waals surface area contributed by atoms with Crippen LogP contribution in [-0.2, 0) is 4.74 Å². The zero-order valence-electron chi connectivity index (χ0n) is 6.54. The van der Waals surface area contributed by atoms with Crippen molar-refractivity contribution in [1.82, 2.24) is 4.90 Å². The Morgan fingerprint density at radius 2 is 2.64 bits per heavy atom. The molecule has 0 bridgehead atoms. The second-order valence-electron chi connectivity index (χ2n) is 2.71. The topological polar surface area (TPSA) is 55.6 Å². The van der Waals surface area contributed by atoms with Crippen LogP contribution in [0.15, 0.2) is 12.7 Å². The number of amides is 1. The fourth-order valence-electron chi connectivity index (χ4n) is 1.01. The van der Waals surface area contributed by atoms with Gasteiger partial charge in [0, 0.05) is 13.5 Å². The standard InChI is InChI=1S/C7H12N2O2/c1-3-4-7(8)5-11-6(10)9(7)2/h3H,1,4-5,8H2,2H3. The molecule has 2 N–H and O–H groups in total. The number of hydrogen-bond acceptors (Lipinski definition) is 3. The summed E-state index contributed by atoms with van der Waals surface area (Å²) in [6.07, 6.45) is 1.86. The molecule has 0 aromatic rings.